The molecule has 3 aliphatic carbocycles. The standard InChI is InChI=1S/C28H43NO7/c1-16-13-27-18(3)11-17(2)26(4,5)21(23(27)32)12-20(15-30)22(31)28(27,34)24(16)36-25(33)29(6)14-19-7-9-35-10-8-19/h12-13,17-19,21-22,24,30-31,34H,7-11,14-15H2,1-6H3/t17-,18+,21+,22+,24-,27-,28-/m0/s1. The zero-order chi connectivity index (χ0) is 26.6. The summed E-state index contributed by atoms with van der Waals surface area (Å²) in [4.78, 5) is 29.1. The maximum absolute atomic E-state index is 14.4. The van der Waals surface area contributed by atoms with Crippen molar-refractivity contribution in [3.8, 4) is 0 Å². The second-order valence-electron chi connectivity index (χ2n) is 12.3. The molecule has 0 aromatic rings. The Labute approximate surface area is 214 Å². The van der Waals surface area contributed by atoms with Gasteiger partial charge < -0.3 is 29.7 Å². The molecule has 0 unspecified atom stereocenters. The Morgan fingerprint density at radius 1 is 1.22 bits per heavy atom. The number of ketones is 1. The highest BCUT2D eigenvalue weighted by atomic mass is 16.6. The van der Waals surface area contributed by atoms with Crippen LogP contribution in [-0.2, 0) is 14.3 Å². The van der Waals surface area contributed by atoms with Crippen molar-refractivity contribution in [2.75, 3.05) is 33.4 Å². The molecule has 1 saturated heterocycles. The molecule has 3 N–H and O–H groups in total. The summed E-state index contributed by atoms with van der Waals surface area (Å²) in [5.74, 6) is -0.696. The van der Waals surface area contributed by atoms with E-state index in [1.807, 2.05) is 20.8 Å². The minimum atomic E-state index is -2.13. The zero-order valence-corrected chi connectivity index (χ0v) is 22.5. The number of allylic oxidation sites excluding steroid dienone is 1. The third-order valence-electron chi connectivity index (χ3n) is 9.91. The van der Waals surface area contributed by atoms with Gasteiger partial charge in [-0.3, -0.25) is 4.79 Å². The Morgan fingerprint density at radius 2 is 1.86 bits per heavy atom. The highest BCUT2D eigenvalue weighted by Crippen LogP contribution is 2.62. The van der Waals surface area contributed by atoms with E-state index in [0.29, 0.717) is 37.7 Å². The van der Waals surface area contributed by atoms with E-state index in [1.54, 1.807) is 26.1 Å². The van der Waals surface area contributed by atoms with E-state index >= 15 is 0 Å². The van der Waals surface area contributed by atoms with Crippen LogP contribution < -0.4 is 0 Å². The Balaban J connectivity index is 1.74. The van der Waals surface area contributed by atoms with Crippen molar-refractivity contribution in [1.82, 2.24) is 4.90 Å². The number of hydrogen-bond acceptors (Lipinski definition) is 7. The SMILES string of the molecule is CC1=C[C@]23C(=O)[C@@H](C=C(CO)[C@@H](O)[C@]2(O)[C@H]1OC(=O)N(C)CC1CCOCC1)C(C)(C)[C@@H](C)C[C@H]3C. The first-order chi connectivity index (χ1) is 16.8. The molecule has 1 amide bonds. The molecule has 36 heavy (non-hydrogen) atoms. The summed E-state index contributed by atoms with van der Waals surface area (Å²) in [6.07, 6.45) is 2.35. The molecule has 1 aliphatic heterocycles. The molecule has 8 heteroatoms. The number of ether oxygens (including phenoxy) is 2. The average molecular weight is 506 g/mol. The van der Waals surface area contributed by atoms with Crippen molar-refractivity contribution in [2.45, 2.75) is 71.7 Å². The van der Waals surface area contributed by atoms with E-state index in [-0.39, 0.29) is 23.2 Å². The first-order valence-corrected chi connectivity index (χ1v) is 13.3. The van der Waals surface area contributed by atoms with Gasteiger partial charge in [-0.2, -0.15) is 0 Å². The molecule has 202 valence electrons. The van der Waals surface area contributed by atoms with Crippen LogP contribution in [0, 0.1) is 34.5 Å². The molecule has 1 saturated carbocycles. The van der Waals surface area contributed by atoms with Gasteiger partial charge in [0.1, 0.15) is 6.10 Å². The quantitative estimate of drug-likeness (QED) is 0.503. The molecule has 0 aromatic heterocycles. The molecule has 0 aromatic carbocycles. The summed E-state index contributed by atoms with van der Waals surface area (Å²) < 4.78 is 11.3. The predicted molar refractivity (Wildman–Crippen MR) is 134 cm³/mol. The first-order valence-electron chi connectivity index (χ1n) is 13.3. The van der Waals surface area contributed by atoms with Crippen LogP contribution in [-0.4, -0.2) is 83.3 Å². The minimum absolute atomic E-state index is 0.137. The van der Waals surface area contributed by atoms with Gasteiger partial charge in [-0.1, -0.05) is 39.8 Å². The van der Waals surface area contributed by atoms with E-state index in [9.17, 15) is 24.9 Å². The summed E-state index contributed by atoms with van der Waals surface area (Å²) in [5.41, 5.74) is -3.32. The lowest BCUT2D eigenvalue weighted by Crippen LogP contribution is -2.66. The first kappa shape index (κ1) is 27.3. The van der Waals surface area contributed by atoms with Crippen molar-refractivity contribution >= 4 is 11.9 Å². The largest absolute Gasteiger partial charge is 0.438 e. The second kappa shape index (κ2) is 9.53. The van der Waals surface area contributed by atoms with E-state index in [0.717, 1.165) is 12.8 Å². The topological polar surface area (TPSA) is 117 Å². The smallest absolute Gasteiger partial charge is 0.410 e. The highest BCUT2D eigenvalue weighted by Gasteiger charge is 2.73. The number of Topliss-reactive ketones (excluding diaryl/α,β-unsaturated/α-hetero) is 1. The van der Waals surface area contributed by atoms with E-state index in [1.165, 1.54) is 4.90 Å². The number of hydrogen-bond donors (Lipinski definition) is 3. The van der Waals surface area contributed by atoms with Crippen molar-refractivity contribution < 1.29 is 34.4 Å². The van der Waals surface area contributed by atoms with Gasteiger partial charge in [0.05, 0.1) is 12.0 Å². The lowest BCUT2D eigenvalue weighted by atomic mass is 9.59. The average Bonchev–Trinajstić information content (AvgIpc) is 3.00. The van der Waals surface area contributed by atoms with Crippen LogP contribution in [0.4, 0.5) is 4.79 Å². The monoisotopic (exact) mass is 505 g/mol. The van der Waals surface area contributed by atoms with Gasteiger partial charge in [0.15, 0.2) is 17.5 Å². The number of carbonyl (C=O) groups is 2. The molecule has 2 fully saturated rings. The zero-order valence-electron chi connectivity index (χ0n) is 22.5. The number of aliphatic hydroxyl groups is 3. The fourth-order valence-corrected chi connectivity index (χ4v) is 7.24. The minimum Gasteiger partial charge on any atom is -0.438 e. The van der Waals surface area contributed by atoms with Gasteiger partial charge in [-0.25, -0.2) is 4.79 Å². The van der Waals surface area contributed by atoms with Crippen molar-refractivity contribution in [2.24, 2.45) is 34.5 Å². The summed E-state index contributed by atoms with van der Waals surface area (Å²) >= 11 is 0. The van der Waals surface area contributed by atoms with E-state index < -0.39 is 47.3 Å². The Morgan fingerprint density at radius 3 is 2.47 bits per heavy atom. The number of carbonyl (C=O) groups excluding carboxylic acids is 2. The summed E-state index contributed by atoms with van der Waals surface area (Å²) in [7, 11) is 1.66. The molecule has 4 aliphatic rings. The molecule has 1 spiro atoms. The van der Waals surface area contributed by atoms with Crippen molar-refractivity contribution in [1.29, 1.82) is 0 Å². The van der Waals surface area contributed by atoms with E-state index in [2.05, 4.69) is 6.92 Å². The molecule has 0 radical (unpaired) electrons. The molecular weight excluding hydrogens is 462 g/mol. The maximum Gasteiger partial charge on any atom is 0.410 e. The molecule has 2 bridgehead atoms. The summed E-state index contributed by atoms with van der Waals surface area (Å²) in [5, 5.41) is 34.3. The second-order valence-corrected chi connectivity index (χ2v) is 12.3. The summed E-state index contributed by atoms with van der Waals surface area (Å²) in [6, 6.07) is 0. The van der Waals surface area contributed by atoms with Crippen molar-refractivity contribution in [3.05, 3.63) is 23.3 Å². The van der Waals surface area contributed by atoms with Gasteiger partial charge in [0.2, 0.25) is 0 Å². The number of nitrogens with zero attached hydrogens (tertiary/aromatic N) is 1. The fraction of sp³-hybridized carbons (Fsp3) is 0.786. The van der Waals surface area contributed by atoms with Crippen LogP contribution in [0.5, 0.6) is 0 Å². The molecule has 1 heterocycles. The van der Waals surface area contributed by atoms with Crippen LogP contribution in [0.15, 0.2) is 23.3 Å². The van der Waals surface area contributed by atoms with Gasteiger partial charge in [-0.05, 0) is 60.5 Å². The van der Waals surface area contributed by atoms with Crippen LogP contribution in [0.1, 0.15) is 53.9 Å². The Kier molecular flexibility index (Phi) is 7.23. The van der Waals surface area contributed by atoms with Crippen LogP contribution >= 0.6 is 0 Å². The van der Waals surface area contributed by atoms with Gasteiger partial charge in [0.25, 0.3) is 0 Å². The lowest BCUT2D eigenvalue weighted by Gasteiger charge is -2.48. The Hall–Kier alpha value is -1.74. The third kappa shape index (κ3) is 3.87. The number of fused-ring (bicyclic) bond motifs is 1. The molecule has 7 atom stereocenters. The number of aliphatic hydroxyl groups excluding tert-OH is 2. The van der Waals surface area contributed by atoms with Crippen LogP contribution in [0.25, 0.3) is 0 Å². The van der Waals surface area contributed by atoms with Gasteiger partial charge >= 0.3 is 6.09 Å². The summed E-state index contributed by atoms with van der Waals surface area (Å²) in [6.45, 7) is 11.2. The highest BCUT2D eigenvalue weighted by molar-refractivity contribution is 5.95. The van der Waals surface area contributed by atoms with Crippen molar-refractivity contribution in [3.63, 3.8) is 0 Å². The number of rotatable bonds is 4. The molecular formula is C28H43NO7. The maximum atomic E-state index is 14.4. The fourth-order valence-electron chi connectivity index (χ4n) is 7.24. The predicted octanol–water partition coefficient (Wildman–Crippen LogP) is 2.71. The lowest BCUT2D eigenvalue weighted by molar-refractivity contribution is -0.190. The molecule has 8 nitrogen and oxygen atoms in total. The number of amides is 1. The van der Waals surface area contributed by atoms with Gasteiger partial charge in [0, 0.05) is 32.7 Å². The van der Waals surface area contributed by atoms with Gasteiger partial charge in [-0.15, -0.1) is 0 Å². The third-order valence-corrected chi connectivity index (χ3v) is 9.91. The van der Waals surface area contributed by atoms with Crippen LogP contribution in [0.3, 0.4) is 0 Å². The van der Waals surface area contributed by atoms with E-state index in [4.69, 9.17) is 9.47 Å². The molecule has 4 rings (SSSR count). The van der Waals surface area contributed by atoms with Crippen LogP contribution in [0.2, 0.25) is 0 Å². The Bertz CT molecular complexity index is 952. The normalized spacial score (nSPS) is 40.5.